The van der Waals surface area contributed by atoms with E-state index in [2.05, 4.69) is 78.0 Å². The molecule has 1 unspecified atom stereocenters. The van der Waals surface area contributed by atoms with Gasteiger partial charge in [0, 0.05) is 13.2 Å². The highest BCUT2D eigenvalue weighted by Gasteiger charge is 2.28. The topological polar surface area (TPSA) is 61.8 Å². The molecule has 38 heavy (non-hydrogen) atoms. The molecule has 0 saturated carbocycles. The van der Waals surface area contributed by atoms with Crippen molar-refractivity contribution in [3.8, 4) is 0 Å². The number of allylic oxidation sites excluding steroid dienone is 1. The number of ether oxygens (including phenoxy) is 1. The molecule has 0 radical (unpaired) electrons. The molecule has 5 heteroatoms. The summed E-state index contributed by atoms with van der Waals surface area (Å²) in [5, 5.41) is 13.6. The summed E-state index contributed by atoms with van der Waals surface area (Å²) in [4.78, 5) is 11.5. The highest BCUT2D eigenvalue weighted by atomic mass is 16.5. The minimum Gasteiger partial charge on any atom is -0.478 e. The van der Waals surface area contributed by atoms with E-state index in [1.54, 1.807) is 12.1 Å². The Morgan fingerprint density at radius 1 is 0.895 bits per heavy atom. The van der Waals surface area contributed by atoms with Crippen LogP contribution in [0.4, 0.5) is 5.69 Å². The third kappa shape index (κ3) is 4.60. The van der Waals surface area contributed by atoms with Crippen LogP contribution in [0.15, 0.2) is 84.9 Å². The van der Waals surface area contributed by atoms with Crippen molar-refractivity contribution in [1.29, 1.82) is 0 Å². The number of carboxylic acids is 1. The van der Waals surface area contributed by atoms with Crippen molar-refractivity contribution in [2.24, 2.45) is 0 Å². The summed E-state index contributed by atoms with van der Waals surface area (Å²) in [6.07, 6.45) is 4.32. The van der Waals surface area contributed by atoms with Gasteiger partial charge in [-0.1, -0.05) is 61.5 Å². The lowest BCUT2D eigenvalue weighted by atomic mass is 9.86. The number of carboxylic acid groups (broad SMARTS) is 1. The van der Waals surface area contributed by atoms with Crippen LogP contribution < -0.4 is 10.4 Å². The summed E-state index contributed by atoms with van der Waals surface area (Å²) in [7, 11) is 0. The van der Waals surface area contributed by atoms with Gasteiger partial charge in [0.1, 0.15) is 6.23 Å². The van der Waals surface area contributed by atoms with E-state index in [-0.39, 0.29) is 6.23 Å². The van der Waals surface area contributed by atoms with Crippen LogP contribution in [-0.4, -0.2) is 23.9 Å². The number of anilines is 1. The molecule has 4 aromatic rings. The maximum atomic E-state index is 11.5. The molecule has 1 saturated heterocycles. The predicted molar refractivity (Wildman–Crippen MR) is 153 cm³/mol. The third-order valence-corrected chi connectivity index (χ3v) is 7.66. The second-order valence-corrected chi connectivity index (χ2v) is 10.0. The van der Waals surface area contributed by atoms with Gasteiger partial charge in [-0.25, -0.2) is 10.2 Å². The number of fused-ring (bicyclic) bond motifs is 2. The molecule has 0 bridgehead atoms. The number of hydrogen-bond donors (Lipinski definition) is 2. The first-order valence-corrected chi connectivity index (χ1v) is 13.5. The van der Waals surface area contributed by atoms with Gasteiger partial charge in [-0.15, -0.1) is 0 Å². The lowest BCUT2D eigenvalue weighted by Crippen LogP contribution is -2.44. The van der Waals surface area contributed by atoms with Gasteiger partial charge < -0.3 is 9.84 Å². The number of nitrogens with one attached hydrogen (secondary N) is 1. The highest BCUT2D eigenvalue weighted by Crippen LogP contribution is 2.39. The number of hydrogen-bond acceptors (Lipinski definition) is 4. The van der Waals surface area contributed by atoms with Crippen LogP contribution in [0.2, 0.25) is 0 Å². The average Bonchev–Trinajstić information content (AvgIpc) is 3.39. The number of rotatable bonds is 6. The molecule has 2 aliphatic rings. The zero-order valence-corrected chi connectivity index (χ0v) is 21.6. The number of benzene rings is 4. The Balaban J connectivity index is 1.48. The molecule has 0 aliphatic carbocycles. The van der Waals surface area contributed by atoms with Crippen molar-refractivity contribution in [2.45, 2.75) is 45.4 Å². The smallest absolute Gasteiger partial charge is 0.335 e. The van der Waals surface area contributed by atoms with E-state index in [1.807, 2.05) is 12.1 Å². The zero-order valence-electron chi connectivity index (χ0n) is 21.6. The lowest BCUT2D eigenvalue weighted by Gasteiger charge is -2.32. The first-order chi connectivity index (χ1) is 18.6. The average molecular weight is 505 g/mol. The van der Waals surface area contributed by atoms with Crippen LogP contribution in [0.25, 0.3) is 21.9 Å². The van der Waals surface area contributed by atoms with Gasteiger partial charge in [0.2, 0.25) is 0 Å². The van der Waals surface area contributed by atoms with Gasteiger partial charge in [0.25, 0.3) is 0 Å². The standard InChI is InChI=1S/C33H32N2O3/c1-2-29(22-8-4-3-5-9-22)32(25-13-11-24-19-27(33(36)37)14-12-23(24)18-25)26-15-16-30-28(20-26)21-34-35(30)31-10-6-7-17-38-31/h3-5,8-9,11-16,18-20,31,34H,2,6-7,10,17,21H2,1H3,(H,36,37)/b32-29+. The molecule has 5 nitrogen and oxygen atoms in total. The first-order valence-electron chi connectivity index (χ1n) is 13.5. The fraction of sp³-hybridized carbons (Fsp3) is 0.242. The molecule has 0 amide bonds. The van der Waals surface area contributed by atoms with E-state index in [0.29, 0.717) is 5.56 Å². The van der Waals surface area contributed by atoms with Crippen LogP contribution in [0.5, 0.6) is 0 Å². The Labute approximate surface area is 223 Å². The summed E-state index contributed by atoms with van der Waals surface area (Å²) >= 11 is 0. The minimum atomic E-state index is -0.909. The Bertz CT molecular complexity index is 1520. The Kier molecular flexibility index (Phi) is 6.71. The van der Waals surface area contributed by atoms with E-state index in [9.17, 15) is 9.90 Å². The second-order valence-electron chi connectivity index (χ2n) is 10.0. The van der Waals surface area contributed by atoms with Crippen molar-refractivity contribution < 1.29 is 14.6 Å². The van der Waals surface area contributed by atoms with Crippen molar-refractivity contribution in [3.05, 3.63) is 113 Å². The van der Waals surface area contributed by atoms with E-state index in [0.717, 1.165) is 48.8 Å². The fourth-order valence-corrected chi connectivity index (χ4v) is 5.77. The van der Waals surface area contributed by atoms with Crippen molar-refractivity contribution >= 4 is 33.6 Å². The summed E-state index contributed by atoms with van der Waals surface area (Å²) in [5.74, 6) is -0.909. The van der Waals surface area contributed by atoms with Crippen molar-refractivity contribution in [2.75, 3.05) is 11.6 Å². The van der Waals surface area contributed by atoms with Crippen LogP contribution in [0.3, 0.4) is 0 Å². The SMILES string of the molecule is CC/C(=C(\c1ccc2c(c1)CNN2C1CCCCO1)c1ccc2cc(C(=O)O)ccc2c1)c1ccccc1. The van der Waals surface area contributed by atoms with Crippen molar-refractivity contribution in [1.82, 2.24) is 5.43 Å². The van der Waals surface area contributed by atoms with Crippen LogP contribution in [0, 0.1) is 0 Å². The number of aromatic carboxylic acids is 1. The number of nitrogens with zero attached hydrogens (tertiary/aromatic N) is 1. The normalized spacial score (nSPS) is 17.8. The third-order valence-electron chi connectivity index (χ3n) is 7.66. The number of carbonyl (C=O) groups is 1. The van der Waals surface area contributed by atoms with E-state index in [1.165, 1.54) is 39.9 Å². The molecule has 0 spiro atoms. The maximum absolute atomic E-state index is 11.5. The van der Waals surface area contributed by atoms with E-state index >= 15 is 0 Å². The molecule has 2 N–H and O–H groups in total. The monoisotopic (exact) mass is 504 g/mol. The first kappa shape index (κ1) is 24.4. The Morgan fingerprint density at radius 3 is 2.32 bits per heavy atom. The Hall–Kier alpha value is -3.93. The highest BCUT2D eigenvalue weighted by molar-refractivity contribution is 6.02. The summed E-state index contributed by atoms with van der Waals surface area (Å²) in [5.41, 5.74) is 12.3. The minimum absolute atomic E-state index is 0.0811. The summed E-state index contributed by atoms with van der Waals surface area (Å²) < 4.78 is 6.06. The summed E-state index contributed by atoms with van der Waals surface area (Å²) in [6.45, 7) is 3.80. The van der Waals surface area contributed by atoms with E-state index in [4.69, 9.17) is 4.74 Å². The molecule has 6 rings (SSSR count). The molecule has 4 aromatic carbocycles. The van der Waals surface area contributed by atoms with Crippen LogP contribution in [0.1, 0.15) is 65.2 Å². The molecule has 2 aliphatic heterocycles. The maximum Gasteiger partial charge on any atom is 0.335 e. The predicted octanol–water partition coefficient (Wildman–Crippen LogP) is 7.26. The van der Waals surface area contributed by atoms with E-state index < -0.39 is 5.97 Å². The van der Waals surface area contributed by atoms with Crippen LogP contribution >= 0.6 is 0 Å². The molecular formula is C33H32N2O3. The Morgan fingerprint density at radius 2 is 1.61 bits per heavy atom. The zero-order chi connectivity index (χ0) is 26.1. The molecule has 192 valence electrons. The van der Waals surface area contributed by atoms with Gasteiger partial charge >= 0.3 is 5.97 Å². The molecule has 1 atom stereocenters. The van der Waals surface area contributed by atoms with Gasteiger partial charge in [0.15, 0.2) is 0 Å². The van der Waals surface area contributed by atoms with Crippen molar-refractivity contribution in [3.63, 3.8) is 0 Å². The molecule has 2 heterocycles. The van der Waals surface area contributed by atoms with Gasteiger partial charge in [0.05, 0.1) is 11.3 Å². The number of hydrazine groups is 1. The lowest BCUT2D eigenvalue weighted by molar-refractivity contribution is 0.00928. The largest absolute Gasteiger partial charge is 0.478 e. The molecule has 0 aromatic heterocycles. The van der Waals surface area contributed by atoms with Gasteiger partial charge in [-0.2, -0.15) is 0 Å². The van der Waals surface area contributed by atoms with Crippen LogP contribution in [-0.2, 0) is 11.3 Å². The second kappa shape index (κ2) is 10.4. The van der Waals surface area contributed by atoms with Gasteiger partial charge in [-0.05, 0) is 100 Å². The molecule has 1 fully saturated rings. The quantitative estimate of drug-likeness (QED) is 0.271. The molecular weight excluding hydrogens is 472 g/mol. The van der Waals surface area contributed by atoms with Gasteiger partial charge in [-0.3, -0.25) is 5.01 Å². The fourth-order valence-electron chi connectivity index (χ4n) is 5.77. The summed E-state index contributed by atoms with van der Waals surface area (Å²) in [6, 6.07) is 29.0.